The molecule has 8 heteroatoms. The third-order valence-electron chi connectivity index (χ3n) is 5.72. The molecule has 0 radical (unpaired) electrons. The van der Waals surface area contributed by atoms with Gasteiger partial charge in [-0.2, -0.15) is 0 Å². The fraction of sp³-hybridized carbons (Fsp3) is 0.292. The lowest BCUT2D eigenvalue weighted by molar-refractivity contribution is 0.0793. The highest BCUT2D eigenvalue weighted by atomic mass is 32.2. The van der Waals surface area contributed by atoms with Crippen LogP contribution in [0.5, 0.6) is 0 Å². The summed E-state index contributed by atoms with van der Waals surface area (Å²) >= 11 is 4.73. The maximum absolute atomic E-state index is 13.3. The summed E-state index contributed by atoms with van der Waals surface area (Å²) in [5, 5.41) is 5.52. The van der Waals surface area contributed by atoms with Crippen LogP contribution in [0.2, 0.25) is 0 Å². The van der Waals surface area contributed by atoms with Gasteiger partial charge in [0.1, 0.15) is 4.83 Å². The molecule has 5 rings (SSSR count). The Morgan fingerprint density at radius 1 is 1.12 bits per heavy atom. The summed E-state index contributed by atoms with van der Waals surface area (Å²) in [6.07, 6.45) is 2.19. The van der Waals surface area contributed by atoms with Crippen molar-refractivity contribution in [1.82, 2.24) is 14.5 Å². The smallest absolute Gasteiger partial charge is 0.263 e. The molecule has 0 saturated carbocycles. The van der Waals surface area contributed by atoms with Crippen LogP contribution in [-0.4, -0.2) is 33.4 Å². The second-order valence-corrected chi connectivity index (χ2v) is 10.5. The number of carbonyl (C=O) groups is 1. The van der Waals surface area contributed by atoms with E-state index in [9.17, 15) is 9.59 Å². The molecule has 1 aromatic carbocycles. The summed E-state index contributed by atoms with van der Waals surface area (Å²) in [5.41, 5.74) is 2.85. The second-order valence-electron chi connectivity index (χ2n) is 7.74. The molecule has 4 aromatic rings. The Bertz CT molecular complexity index is 1300. The number of nitrogens with zero attached hydrogens (tertiary/aromatic N) is 3. The van der Waals surface area contributed by atoms with Crippen molar-refractivity contribution in [3.63, 3.8) is 0 Å². The van der Waals surface area contributed by atoms with Crippen LogP contribution in [0.1, 0.15) is 35.7 Å². The monoisotopic (exact) mass is 481 g/mol. The fourth-order valence-electron chi connectivity index (χ4n) is 4.00. The molecular formula is C24H23N3O2S3. The molecule has 0 aliphatic carbocycles. The molecule has 0 spiro atoms. The van der Waals surface area contributed by atoms with E-state index in [1.54, 1.807) is 27.7 Å². The number of thioether (sulfide) groups is 1. The van der Waals surface area contributed by atoms with Gasteiger partial charge in [-0.25, -0.2) is 4.98 Å². The molecule has 0 atom stereocenters. The van der Waals surface area contributed by atoms with Crippen LogP contribution in [0, 0.1) is 0 Å². The topological polar surface area (TPSA) is 55.2 Å². The van der Waals surface area contributed by atoms with Crippen LogP contribution in [0.3, 0.4) is 0 Å². The lowest BCUT2D eigenvalue weighted by atomic mass is 10.1. The van der Waals surface area contributed by atoms with Gasteiger partial charge < -0.3 is 4.90 Å². The third-order valence-corrected chi connectivity index (χ3v) is 8.55. The zero-order valence-electron chi connectivity index (χ0n) is 17.7. The SMILES string of the molecule is CCn1c(SCc2ccc(C(=O)N3CCCC3)cc2)nc2scc(-c3cccs3)c2c1=O. The minimum absolute atomic E-state index is 0.0243. The molecule has 3 aromatic heterocycles. The normalized spacial score (nSPS) is 13.8. The van der Waals surface area contributed by atoms with E-state index in [0.29, 0.717) is 17.7 Å². The van der Waals surface area contributed by atoms with E-state index in [-0.39, 0.29) is 11.5 Å². The average Bonchev–Trinajstić information content (AvgIpc) is 3.59. The Balaban J connectivity index is 1.37. The lowest BCUT2D eigenvalue weighted by Crippen LogP contribution is -2.27. The van der Waals surface area contributed by atoms with E-state index in [1.807, 2.05) is 59.0 Å². The number of thiophene rings is 2. The van der Waals surface area contributed by atoms with Crippen LogP contribution in [0.25, 0.3) is 20.7 Å². The Labute approximate surface area is 198 Å². The number of likely N-dealkylation sites (tertiary alicyclic amines) is 1. The van der Waals surface area contributed by atoms with Gasteiger partial charge in [0.25, 0.3) is 11.5 Å². The molecule has 0 unspecified atom stereocenters. The van der Waals surface area contributed by atoms with Gasteiger partial charge in [0.2, 0.25) is 0 Å². The lowest BCUT2D eigenvalue weighted by Gasteiger charge is -2.15. The van der Waals surface area contributed by atoms with E-state index in [4.69, 9.17) is 4.98 Å². The maximum Gasteiger partial charge on any atom is 0.263 e. The molecule has 5 nitrogen and oxygen atoms in total. The molecule has 0 bridgehead atoms. The number of hydrogen-bond donors (Lipinski definition) is 0. The molecule has 4 heterocycles. The van der Waals surface area contributed by atoms with Gasteiger partial charge in [0.15, 0.2) is 5.16 Å². The van der Waals surface area contributed by atoms with E-state index in [2.05, 4.69) is 0 Å². The number of hydrogen-bond acceptors (Lipinski definition) is 6. The zero-order chi connectivity index (χ0) is 22.1. The standard InChI is InChI=1S/C24H23N3O2S3/c1-2-27-23(29)20-18(19-6-5-13-30-19)15-31-21(20)25-24(27)32-14-16-7-9-17(10-8-16)22(28)26-11-3-4-12-26/h5-10,13,15H,2-4,11-12,14H2,1H3. The molecule has 0 N–H and O–H groups in total. The van der Waals surface area contributed by atoms with Gasteiger partial charge in [-0.1, -0.05) is 30.0 Å². The van der Waals surface area contributed by atoms with Crippen molar-refractivity contribution < 1.29 is 4.79 Å². The van der Waals surface area contributed by atoms with Crippen LogP contribution in [0.4, 0.5) is 0 Å². The Hall–Kier alpha value is -2.42. The van der Waals surface area contributed by atoms with E-state index < -0.39 is 0 Å². The minimum atomic E-state index is 0.0243. The fourth-order valence-corrected chi connectivity index (χ4v) is 6.82. The third kappa shape index (κ3) is 4.02. The van der Waals surface area contributed by atoms with Crippen molar-refractivity contribution in [2.75, 3.05) is 13.1 Å². The predicted octanol–water partition coefficient (Wildman–Crippen LogP) is 5.73. The first-order valence-electron chi connectivity index (χ1n) is 10.7. The summed E-state index contributed by atoms with van der Waals surface area (Å²) in [7, 11) is 0. The molecule has 1 saturated heterocycles. The zero-order valence-corrected chi connectivity index (χ0v) is 20.2. The van der Waals surface area contributed by atoms with Gasteiger partial charge in [-0.3, -0.25) is 14.2 Å². The molecular weight excluding hydrogens is 458 g/mol. The summed E-state index contributed by atoms with van der Waals surface area (Å²) in [6.45, 7) is 4.27. The predicted molar refractivity (Wildman–Crippen MR) is 134 cm³/mol. The summed E-state index contributed by atoms with van der Waals surface area (Å²) in [4.78, 5) is 34.5. The number of carbonyl (C=O) groups excluding carboxylic acids is 1. The minimum Gasteiger partial charge on any atom is -0.339 e. The largest absolute Gasteiger partial charge is 0.339 e. The van der Waals surface area contributed by atoms with E-state index in [1.165, 1.54) is 11.3 Å². The van der Waals surface area contributed by atoms with Gasteiger partial charge in [0.05, 0.1) is 5.39 Å². The first-order valence-corrected chi connectivity index (χ1v) is 13.5. The summed E-state index contributed by atoms with van der Waals surface area (Å²) < 4.78 is 1.77. The molecule has 164 valence electrons. The Kier molecular flexibility index (Phi) is 6.17. The van der Waals surface area contributed by atoms with Crippen molar-refractivity contribution in [2.45, 2.75) is 37.2 Å². The molecule has 32 heavy (non-hydrogen) atoms. The van der Waals surface area contributed by atoms with Crippen molar-refractivity contribution in [3.05, 3.63) is 68.6 Å². The first-order chi connectivity index (χ1) is 15.7. The quantitative estimate of drug-likeness (QED) is 0.260. The van der Waals surface area contributed by atoms with Crippen LogP contribution >= 0.6 is 34.4 Å². The van der Waals surface area contributed by atoms with Crippen molar-refractivity contribution in [1.29, 1.82) is 0 Å². The molecule has 1 fully saturated rings. The van der Waals surface area contributed by atoms with Crippen LogP contribution in [-0.2, 0) is 12.3 Å². The van der Waals surface area contributed by atoms with Gasteiger partial charge in [0, 0.05) is 46.8 Å². The van der Waals surface area contributed by atoms with Crippen LogP contribution < -0.4 is 5.56 Å². The maximum atomic E-state index is 13.3. The highest BCUT2D eigenvalue weighted by molar-refractivity contribution is 7.98. The van der Waals surface area contributed by atoms with E-state index in [0.717, 1.165) is 57.5 Å². The van der Waals surface area contributed by atoms with Gasteiger partial charge in [-0.15, -0.1) is 22.7 Å². The van der Waals surface area contributed by atoms with Gasteiger partial charge >= 0.3 is 0 Å². The van der Waals surface area contributed by atoms with Crippen molar-refractivity contribution >= 4 is 50.6 Å². The molecule has 1 aliphatic heterocycles. The Morgan fingerprint density at radius 3 is 2.59 bits per heavy atom. The van der Waals surface area contributed by atoms with Crippen molar-refractivity contribution in [2.24, 2.45) is 0 Å². The highest BCUT2D eigenvalue weighted by Crippen LogP contribution is 2.35. The summed E-state index contributed by atoms with van der Waals surface area (Å²) in [5.74, 6) is 0.812. The number of rotatable bonds is 6. The average molecular weight is 482 g/mol. The van der Waals surface area contributed by atoms with Crippen LogP contribution in [0.15, 0.2) is 57.1 Å². The number of aromatic nitrogens is 2. The van der Waals surface area contributed by atoms with Gasteiger partial charge in [-0.05, 0) is 48.9 Å². The molecule has 1 amide bonds. The number of amides is 1. The Morgan fingerprint density at radius 2 is 1.91 bits per heavy atom. The molecule has 1 aliphatic rings. The number of fused-ring (bicyclic) bond motifs is 1. The summed E-state index contributed by atoms with van der Waals surface area (Å²) in [6, 6.07) is 11.9. The number of benzene rings is 1. The highest BCUT2D eigenvalue weighted by Gasteiger charge is 2.20. The second kappa shape index (κ2) is 9.21. The first kappa shape index (κ1) is 21.4. The van der Waals surface area contributed by atoms with E-state index >= 15 is 0 Å². The van der Waals surface area contributed by atoms with Crippen molar-refractivity contribution in [3.8, 4) is 10.4 Å².